The first kappa shape index (κ1) is 22.5. The van der Waals surface area contributed by atoms with Crippen molar-refractivity contribution in [2.75, 3.05) is 7.11 Å². The Bertz CT molecular complexity index is 460. The average molecular weight is 453 g/mol. The van der Waals surface area contributed by atoms with Crippen molar-refractivity contribution in [3.8, 4) is 0 Å². The second-order valence-electron chi connectivity index (χ2n) is 7.36. The van der Waals surface area contributed by atoms with Gasteiger partial charge in [-0.05, 0) is 0 Å². The van der Waals surface area contributed by atoms with Crippen LogP contribution in [0.5, 0.6) is 0 Å². The summed E-state index contributed by atoms with van der Waals surface area (Å²) in [5, 5.41) is 0. The van der Waals surface area contributed by atoms with E-state index < -0.39 is 18.4 Å². The Morgan fingerprint density at radius 1 is 0.880 bits per heavy atom. The third-order valence-corrected chi connectivity index (χ3v) is 21.1. The second-order valence-corrected chi connectivity index (χ2v) is 20.6. The van der Waals surface area contributed by atoms with Crippen LogP contribution in [0.15, 0.2) is 24.3 Å². The Hall–Kier alpha value is -0.511. The molecule has 2 nitrogen and oxygen atoms in total. The number of rotatable bonds is 13. The van der Waals surface area contributed by atoms with Gasteiger partial charge in [-0.1, -0.05) is 0 Å². The van der Waals surface area contributed by atoms with Gasteiger partial charge in [0.05, 0.1) is 0 Å². The van der Waals surface area contributed by atoms with E-state index >= 15 is 0 Å². The third-order valence-electron chi connectivity index (χ3n) is 5.44. The van der Waals surface area contributed by atoms with E-state index in [-0.39, 0.29) is 5.97 Å². The molecule has 0 bridgehead atoms. The molecule has 0 heterocycles. The second kappa shape index (κ2) is 12.8. The van der Waals surface area contributed by atoms with Crippen molar-refractivity contribution in [3.05, 3.63) is 29.8 Å². The first-order valence-electron chi connectivity index (χ1n) is 10.3. The van der Waals surface area contributed by atoms with Crippen LogP contribution in [0.4, 0.5) is 0 Å². The van der Waals surface area contributed by atoms with Gasteiger partial charge in [0.15, 0.2) is 0 Å². The van der Waals surface area contributed by atoms with E-state index in [1.807, 2.05) is 0 Å². The summed E-state index contributed by atoms with van der Waals surface area (Å²) < 4.78 is 11.0. The van der Waals surface area contributed by atoms with Crippen LogP contribution in [-0.4, -0.2) is 31.5 Å². The molecule has 25 heavy (non-hydrogen) atoms. The quantitative estimate of drug-likeness (QED) is 0.277. The molecule has 142 valence electrons. The van der Waals surface area contributed by atoms with Gasteiger partial charge in [-0.15, -0.1) is 0 Å². The van der Waals surface area contributed by atoms with Crippen LogP contribution >= 0.6 is 0 Å². The SMILES string of the molecule is CCC[CH2][Sn]([CH2]CCC)([CH2]CCC)[c]1ccc(CCC(=O)OC)cc1. The molecule has 0 aromatic heterocycles. The summed E-state index contributed by atoms with van der Waals surface area (Å²) in [6.07, 6.45) is 9.39. The number of carbonyl (C=O) groups is 1. The molecule has 0 amide bonds. The summed E-state index contributed by atoms with van der Waals surface area (Å²) in [4.78, 5) is 11.4. The zero-order chi connectivity index (χ0) is 18.5. The Kier molecular flexibility index (Phi) is 11.5. The van der Waals surface area contributed by atoms with E-state index in [9.17, 15) is 4.79 Å². The van der Waals surface area contributed by atoms with Crippen LogP contribution < -0.4 is 3.58 Å². The number of esters is 1. The van der Waals surface area contributed by atoms with Crippen molar-refractivity contribution < 1.29 is 9.53 Å². The van der Waals surface area contributed by atoms with Crippen molar-refractivity contribution in [1.82, 2.24) is 0 Å². The van der Waals surface area contributed by atoms with Crippen molar-refractivity contribution in [1.29, 1.82) is 0 Å². The van der Waals surface area contributed by atoms with E-state index in [0.717, 1.165) is 6.42 Å². The number of ether oxygens (including phenoxy) is 1. The fourth-order valence-corrected chi connectivity index (χ4v) is 19.7. The maximum atomic E-state index is 11.4. The van der Waals surface area contributed by atoms with E-state index in [0.29, 0.717) is 6.42 Å². The van der Waals surface area contributed by atoms with Gasteiger partial charge < -0.3 is 0 Å². The Morgan fingerprint density at radius 2 is 1.36 bits per heavy atom. The van der Waals surface area contributed by atoms with Gasteiger partial charge in [0.25, 0.3) is 0 Å². The fraction of sp³-hybridized carbons (Fsp3) is 0.682. The summed E-state index contributed by atoms with van der Waals surface area (Å²) >= 11 is -2.29. The zero-order valence-electron chi connectivity index (χ0n) is 16.9. The van der Waals surface area contributed by atoms with Gasteiger partial charge in [0, 0.05) is 0 Å². The molecule has 0 radical (unpaired) electrons. The predicted octanol–water partition coefficient (Wildman–Crippen LogP) is 5.85. The third kappa shape index (κ3) is 7.72. The van der Waals surface area contributed by atoms with Gasteiger partial charge in [-0.2, -0.15) is 0 Å². The molecule has 0 spiro atoms. The maximum absolute atomic E-state index is 11.4. The standard InChI is InChI=1S/C10H11O2.3C4H9.Sn/c1-12-10(11)8-7-9-5-3-2-4-6-9;3*1-3-4-2;/h3-6H,7-8H2,1H3;3*1,3-4H2,2H3;. The Labute approximate surface area is 159 Å². The van der Waals surface area contributed by atoms with Crippen LogP contribution in [0.2, 0.25) is 13.3 Å². The fourth-order valence-electron chi connectivity index (χ4n) is 3.73. The van der Waals surface area contributed by atoms with Gasteiger partial charge >= 0.3 is 160 Å². The van der Waals surface area contributed by atoms with E-state index in [1.54, 1.807) is 3.58 Å². The molecular formula is C22H38O2Sn. The summed E-state index contributed by atoms with van der Waals surface area (Å²) in [7, 11) is 1.46. The van der Waals surface area contributed by atoms with Crippen molar-refractivity contribution >= 4 is 27.9 Å². The molecule has 0 aliphatic heterocycles. The molecule has 3 heteroatoms. The summed E-state index contributed by atoms with van der Waals surface area (Å²) in [5.41, 5.74) is 1.26. The zero-order valence-corrected chi connectivity index (χ0v) is 19.8. The number of hydrogen-bond donors (Lipinski definition) is 0. The average Bonchev–Trinajstić information content (AvgIpc) is 2.66. The van der Waals surface area contributed by atoms with Gasteiger partial charge in [0.1, 0.15) is 0 Å². The van der Waals surface area contributed by atoms with E-state index in [4.69, 9.17) is 4.74 Å². The van der Waals surface area contributed by atoms with E-state index in [2.05, 4.69) is 45.0 Å². The van der Waals surface area contributed by atoms with Crippen molar-refractivity contribution in [2.45, 2.75) is 85.4 Å². The van der Waals surface area contributed by atoms with Crippen LogP contribution in [0.3, 0.4) is 0 Å². The van der Waals surface area contributed by atoms with Crippen molar-refractivity contribution in [2.24, 2.45) is 0 Å². The van der Waals surface area contributed by atoms with E-state index in [1.165, 1.54) is 64.5 Å². The predicted molar refractivity (Wildman–Crippen MR) is 111 cm³/mol. The normalized spacial score (nSPS) is 11.5. The number of aryl methyl sites for hydroxylation is 1. The van der Waals surface area contributed by atoms with Crippen LogP contribution in [0.25, 0.3) is 0 Å². The number of unbranched alkanes of at least 4 members (excludes halogenated alkanes) is 3. The van der Waals surface area contributed by atoms with Gasteiger partial charge in [0.2, 0.25) is 0 Å². The molecule has 1 aromatic rings. The Morgan fingerprint density at radius 3 is 1.76 bits per heavy atom. The molecule has 0 saturated carbocycles. The molecule has 0 saturated heterocycles. The van der Waals surface area contributed by atoms with Crippen LogP contribution in [0, 0.1) is 0 Å². The molecule has 0 aliphatic rings. The van der Waals surface area contributed by atoms with Gasteiger partial charge in [-0.25, -0.2) is 0 Å². The first-order valence-corrected chi connectivity index (χ1v) is 17.8. The topological polar surface area (TPSA) is 26.3 Å². The molecule has 0 N–H and O–H groups in total. The summed E-state index contributed by atoms with van der Waals surface area (Å²) in [6.45, 7) is 6.98. The number of benzene rings is 1. The summed E-state index contributed by atoms with van der Waals surface area (Å²) in [6, 6.07) is 9.38. The molecule has 0 aliphatic carbocycles. The first-order chi connectivity index (χ1) is 12.1. The minimum absolute atomic E-state index is 0.119. The number of carbonyl (C=O) groups excluding carboxylic acids is 1. The summed E-state index contributed by atoms with van der Waals surface area (Å²) in [5.74, 6) is -0.119. The Balaban J connectivity index is 2.95. The minimum atomic E-state index is -2.29. The molecule has 1 aromatic carbocycles. The molecule has 0 atom stereocenters. The molecule has 1 rings (SSSR count). The molecule has 0 unspecified atom stereocenters. The van der Waals surface area contributed by atoms with Gasteiger partial charge in [-0.3, -0.25) is 0 Å². The monoisotopic (exact) mass is 454 g/mol. The van der Waals surface area contributed by atoms with Crippen LogP contribution in [0.1, 0.15) is 71.3 Å². The van der Waals surface area contributed by atoms with Crippen LogP contribution in [-0.2, 0) is 16.0 Å². The molecular weight excluding hydrogens is 415 g/mol. The molecule has 0 fully saturated rings. The number of hydrogen-bond acceptors (Lipinski definition) is 2. The van der Waals surface area contributed by atoms with Crippen molar-refractivity contribution in [3.63, 3.8) is 0 Å². The number of methoxy groups -OCH3 is 1.